The van der Waals surface area contributed by atoms with Crippen LogP contribution in [0.5, 0.6) is 0 Å². The van der Waals surface area contributed by atoms with Crippen LogP contribution < -0.4 is 0 Å². The normalized spacial score (nSPS) is 18.9. The van der Waals surface area contributed by atoms with Gasteiger partial charge in [0.15, 0.2) is 0 Å². The van der Waals surface area contributed by atoms with E-state index < -0.39 is 17.3 Å². The molecule has 4 heteroatoms. The van der Waals surface area contributed by atoms with E-state index in [1.165, 1.54) is 24.3 Å². The summed E-state index contributed by atoms with van der Waals surface area (Å²) in [6, 6.07) is 7.19. The molecule has 1 aliphatic rings. The van der Waals surface area contributed by atoms with Crippen LogP contribution in [0.4, 0.5) is 8.78 Å². The maximum absolute atomic E-state index is 14.1. The van der Waals surface area contributed by atoms with Crippen molar-refractivity contribution in [3.8, 4) is 0 Å². The highest BCUT2D eigenvalue weighted by molar-refractivity contribution is 5.77. The molecule has 2 rings (SSSR count). The Morgan fingerprint density at radius 2 is 1.81 bits per heavy atom. The minimum atomic E-state index is -3.29. The first-order valence-electron chi connectivity index (χ1n) is 5.17. The number of hydrogen-bond donors (Lipinski definition) is 1. The Morgan fingerprint density at radius 3 is 2.19 bits per heavy atom. The fraction of sp³-hybridized carbons (Fsp3) is 0.417. The average molecular weight is 226 g/mol. The molecule has 0 radical (unpaired) electrons. The van der Waals surface area contributed by atoms with Gasteiger partial charge in [-0.05, 0) is 12.8 Å². The predicted octanol–water partition coefficient (Wildman–Crippen LogP) is 3.03. The third kappa shape index (κ3) is 1.32. The van der Waals surface area contributed by atoms with Crippen LogP contribution >= 0.6 is 0 Å². The van der Waals surface area contributed by atoms with E-state index in [9.17, 15) is 13.6 Å². The summed E-state index contributed by atoms with van der Waals surface area (Å²) in [6.07, 6.45) is 0.642. The summed E-state index contributed by atoms with van der Waals surface area (Å²) < 4.78 is 28.3. The summed E-state index contributed by atoms with van der Waals surface area (Å²) in [6.45, 7) is 0. The van der Waals surface area contributed by atoms with Crippen molar-refractivity contribution in [3.05, 3.63) is 35.9 Å². The van der Waals surface area contributed by atoms with Crippen LogP contribution in [0.3, 0.4) is 0 Å². The van der Waals surface area contributed by atoms with Crippen LogP contribution in [-0.2, 0) is 10.7 Å². The van der Waals surface area contributed by atoms with E-state index in [2.05, 4.69) is 0 Å². The summed E-state index contributed by atoms with van der Waals surface area (Å²) in [7, 11) is 0. The van der Waals surface area contributed by atoms with Crippen molar-refractivity contribution in [1.82, 2.24) is 0 Å². The molecule has 0 saturated heterocycles. The number of rotatable bonds is 3. The molecule has 1 aliphatic carbocycles. The van der Waals surface area contributed by atoms with Gasteiger partial charge < -0.3 is 5.11 Å². The zero-order valence-electron chi connectivity index (χ0n) is 8.62. The van der Waals surface area contributed by atoms with Crippen LogP contribution in [0.15, 0.2) is 30.3 Å². The second-order valence-corrected chi connectivity index (χ2v) is 4.18. The van der Waals surface area contributed by atoms with Crippen LogP contribution in [0.25, 0.3) is 0 Å². The third-order valence-electron chi connectivity index (χ3n) is 3.35. The van der Waals surface area contributed by atoms with Gasteiger partial charge in [0.1, 0.15) is 5.41 Å². The molecule has 1 N–H and O–H groups in total. The first-order chi connectivity index (χ1) is 7.51. The summed E-state index contributed by atoms with van der Waals surface area (Å²) in [5, 5.41) is 9.00. The smallest absolute Gasteiger partial charge is 0.316 e. The molecule has 1 aromatic carbocycles. The van der Waals surface area contributed by atoms with E-state index in [4.69, 9.17) is 5.11 Å². The number of carboxylic acids is 1. The van der Waals surface area contributed by atoms with Gasteiger partial charge in [-0.1, -0.05) is 36.8 Å². The van der Waals surface area contributed by atoms with Crippen molar-refractivity contribution in [3.63, 3.8) is 0 Å². The highest BCUT2D eigenvalue weighted by atomic mass is 19.3. The lowest BCUT2D eigenvalue weighted by atomic mass is 9.63. The van der Waals surface area contributed by atoms with E-state index in [1.807, 2.05) is 0 Å². The summed E-state index contributed by atoms with van der Waals surface area (Å²) >= 11 is 0. The molecule has 0 amide bonds. The Balaban J connectivity index is 2.42. The van der Waals surface area contributed by atoms with Crippen molar-refractivity contribution in [2.45, 2.75) is 25.2 Å². The topological polar surface area (TPSA) is 37.3 Å². The van der Waals surface area contributed by atoms with Gasteiger partial charge in [-0.25, -0.2) is 8.78 Å². The van der Waals surface area contributed by atoms with Crippen LogP contribution in [-0.4, -0.2) is 11.1 Å². The average Bonchev–Trinajstić information content (AvgIpc) is 2.16. The van der Waals surface area contributed by atoms with Gasteiger partial charge in [-0.3, -0.25) is 4.79 Å². The van der Waals surface area contributed by atoms with E-state index >= 15 is 0 Å². The molecular weight excluding hydrogens is 214 g/mol. The van der Waals surface area contributed by atoms with E-state index in [0.717, 1.165) is 0 Å². The van der Waals surface area contributed by atoms with Crippen LogP contribution in [0.1, 0.15) is 24.8 Å². The zero-order valence-corrected chi connectivity index (χ0v) is 8.62. The van der Waals surface area contributed by atoms with Gasteiger partial charge in [-0.2, -0.15) is 0 Å². The third-order valence-corrected chi connectivity index (χ3v) is 3.35. The largest absolute Gasteiger partial charge is 0.481 e. The van der Waals surface area contributed by atoms with E-state index in [-0.39, 0.29) is 18.4 Å². The molecule has 0 aliphatic heterocycles. The molecule has 0 heterocycles. The van der Waals surface area contributed by atoms with Gasteiger partial charge in [0.05, 0.1) is 0 Å². The van der Waals surface area contributed by atoms with Gasteiger partial charge in [0.25, 0.3) is 5.92 Å². The Morgan fingerprint density at radius 1 is 1.25 bits per heavy atom. The Kier molecular flexibility index (Phi) is 2.45. The lowest BCUT2D eigenvalue weighted by molar-refractivity contribution is -0.201. The standard InChI is InChI=1S/C12H12F2O2/c13-12(14,9-5-2-1-3-6-9)11(10(15)16)7-4-8-11/h1-3,5-6H,4,7-8H2,(H,15,16). The lowest BCUT2D eigenvalue weighted by Crippen LogP contribution is -2.50. The Hall–Kier alpha value is -1.45. The summed E-state index contributed by atoms with van der Waals surface area (Å²) in [4.78, 5) is 11.0. The Bertz CT molecular complexity index is 397. The highest BCUT2D eigenvalue weighted by Gasteiger charge is 2.63. The molecule has 1 aromatic rings. The second kappa shape index (κ2) is 3.54. The molecule has 16 heavy (non-hydrogen) atoms. The maximum atomic E-state index is 14.1. The van der Waals surface area contributed by atoms with Crippen molar-refractivity contribution >= 4 is 5.97 Å². The quantitative estimate of drug-likeness (QED) is 0.860. The fourth-order valence-corrected chi connectivity index (χ4v) is 2.12. The molecule has 0 bridgehead atoms. The van der Waals surface area contributed by atoms with Crippen molar-refractivity contribution in [2.24, 2.45) is 5.41 Å². The number of hydrogen-bond acceptors (Lipinski definition) is 1. The monoisotopic (exact) mass is 226 g/mol. The lowest BCUT2D eigenvalue weighted by Gasteiger charge is -2.43. The molecule has 0 unspecified atom stereocenters. The first-order valence-corrected chi connectivity index (χ1v) is 5.17. The number of halogens is 2. The second-order valence-electron chi connectivity index (χ2n) is 4.18. The van der Waals surface area contributed by atoms with Gasteiger partial charge in [0.2, 0.25) is 0 Å². The Labute approximate surface area is 91.9 Å². The number of benzene rings is 1. The van der Waals surface area contributed by atoms with Gasteiger partial charge in [-0.15, -0.1) is 0 Å². The maximum Gasteiger partial charge on any atom is 0.316 e. The zero-order chi connectivity index (χ0) is 11.8. The van der Waals surface area contributed by atoms with Crippen molar-refractivity contribution < 1.29 is 18.7 Å². The van der Waals surface area contributed by atoms with Gasteiger partial charge >= 0.3 is 5.97 Å². The molecule has 1 saturated carbocycles. The van der Waals surface area contributed by atoms with Crippen molar-refractivity contribution in [2.75, 3.05) is 0 Å². The highest BCUT2D eigenvalue weighted by Crippen LogP contribution is 2.57. The van der Waals surface area contributed by atoms with Crippen LogP contribution in [0.2, 0.25) is 0 Å². The van der Waals surface area contributed by atoms with Gasteiger partial charge in [0, 0.05) is 5.56 Å². The predicted molar refractivity (Wildman–Crippen MR) is 54.3 cm³/mol. The molecule has 0 atom stereocenters. The molecule has 2 nitrogen and oxygen atoms in total. The number of alkyl halides is 2. The molecule has 0 spiro atoms. The molecule has 1 fully saturated rings. The molecule has 0 aromatic heterocycles. The SMILES string of the molecule is O=C(O)C1(C(F)(F)c2ccccc2)CCC1. The fourth-order valence-electron chi connectivity index (χ4n) is 2.12. The van der Waals surface area contributed by atoms with Crippen LogP contribution in [0, 0.1) is 5.41 Å². The molecule has 86 valence electrons. The number of aliphatic carboxylic acids is 1. The summed E-state index contributed by atoms with van der Waals surface area (Å²) in [5.74, 6) is -4.69. The van der Waals surface area contributed by atoms with E-state index in [0.29, 0.717) is 6.42 Å². The molecular formula is C12H12F2O2. The van der Waals surface area contributed by atoms with E-state index in [1.54, 1.807) is 6.07 Å². The number of carbonyl (C=O) groups is 1. The minimum absolute atomic E-state index is 0.0459. The van der Waals surface area contributed by atoms with Crippen molar-refractivity contribution in [1.29, 1.82) is 0 Å². The first kappa shape index (κ1) is 11.0. The number of carboxylic acid groups (broad SMARTS) is 1. The summed E-state index contributed by atoms with van der Waals surface area (Å²) in [5.41, 5.74) is -2.11. The minimum Gasteiger partial charge on any atom is -0.481 e.